The summed E-state index contributed by atoms with van der Waals surface area (Å²) >= 11 is 0. The van der Waals surface area contributed by atoms with Crippen molar-refractivity contribution in [1.29, 1.82) is 0 Å². The van der Waals surface area contributed by atoms with Gasteiger partial charge in [0.25, 0.3) is 5.91 Å². The van der Waals surface area contributed by atoms with Gasteiger partial charge in [-0.3, -0.25) is 19.7 Å². The molecule has 8 nitrogen and oxygen atoms in total. The van der Waals surface area contributed by atoms with Gasteiger partial charge in [-0.25, -0.2) is 0 Å². The highest BCUT2D eigenvalue weighted by atomic mass is 16.6. The third kappa shape index (κ3) is 4.54. The van der Waals surface area contributed by atoms with Crippen LogP contribution in [0.15, 0.2) is 42.5 Å². The molecule has 0 heterocycles. The molecule has 0 saturated carbocycles. The van der Waals surface area contributed by atoms with Gasteiger partial charge < -0.3 is 15.4 Å². The molecule has 0 aliphatic heterocycles. The number of likely N-dealkylation sites (N-methyl/N-ethyl adjacent to an activating group) is 1. The van der Waals surface area contributed by atoms with Gasteiger partial charge in [0.05, 0.1) is 18.5 Å². The minimum atomic E-state index is -0.608. The number of hydrogen-bond donors (Lipinski definition) is 2. The summed E-state index contributed by atoms with van der Waals surface area (Å²) in [6.07, 6.45) is 0.245. The average molecular weight is 343 g/mol. The number of rotatable bonds is 6. The van der Waals surface area contributed by atoms with Crippen molar-refractivity contribution in [1.82, 2.24) is 5.32 Å². The van der Waals surface area contributed by atoms with Crippen molar-refractivity contribution in [2.24, 2.45) is 0 Å². The number of ether oxygens (including phenoxy) is 1. The van der Waals surface area contributed by atoms with Crippen LogP contribution in [0.3, 0.4) is 0 Å². The number of nitrogens with zero attached hydrogens (tertiary/aromatic N) is 1. The fourth-order valence-electron chi connectivity index (χ4n) is 2.16. The standard InChI is InChI=1S/C17H17N3O5/c1-18-16(21)9-11-3-6-13(7-4-11)19-17(22)12-5-8-15(25-2)14(10-12)20(23)24/h3-8,10H,9H2,1-2H3,(H,18,21)(H,19,22). The Balaban J connectivity index is 2.13. The monoisotopic (exact) mass is 343 g/mol. The van der Waals surface area contributed by atoms with E-state index in [0.29, 0.717) is 5.69 Å². The normalized spacial score (nSPS) is 10.0. The first-order valence-electron chi connectivity index (χ1n) is 7.38. The Morgan fingerprint density at radius 1 is 1.16 bits per heavy atom. The second-order valence-corrected chi connectivity index (χ2v) is 5.14. The van der Waals surface area contributed by atoms with Gasteiger partial charge >= 0.3 is 5.69 Å². The third-order valence-electron chi connectivity index (χ3n) is 3.49. The molecule has 0 atom stereocenters. The maximum Gasteiger partial charge on any atom is 0.311 e. The van der Waals surface area contributed by atoms with Crippen LogP contribution in [0.5, 0.6) is 5.75 Å². The van der Waals surface area contributed by atoms with Crippen LogP contribution in [-0.4, -0.2) is 30.9 Å². The molecule has 0 aromatic heterocycles. The number of carbonyl (C=O) groups is 2. The number of carbonyl (C=O) groups excluding carboxylic acids is 2. The second kappa shape index (κ2) is 7.91. The summed E-state index contributed by atoms with van der Waals surface area (Å²) in [7, 11) is 2.88. The number of nitro benzene ring substituents is 1. The van der Waals surface area contributed by atoms with Crippen molar-refractivity contribution in [2.45, 2.75) is 6.42 Å². The molecular formula is C17H17N3O5. The Morgan fingerprint density at radius 2 is 1.84 bits per heavy atom. The zero-order valence-electron chi connectivity index (χ0n) is 13.7. The van der Waals surface area contributed by atoms with Gasteiger partial charge in [0, 0.05) is 24.4 Å². The molecule has 2 N–H and O–H groups in total. The Kier molecular flexibility index (Phi) is 5.67. The van der Waals surface area contributed by atoms with Gasteiger partial charge in [-0.2, -0.15) is 0 Å². The number of nitro groups is 1. The van der Waals surface area contributed by atoms with Crippen molar-refractivity contribution < 1.29 is 19.2 Å². The van der Waals surface area contributed by atoms with Crippen LogP contribution >= 0.6 is 0 Å². The Hall–Kier alpha value is -3.42. The number of benzene rings is 2. The summed E-state index contributed by atoms with van der Waals surface area (Å²) < 4.78 is 4.91. The van der Waals surface area contributed by atoms with Gasteiger partial charge in [0.15, 0.2) is 5.75 Å². The molecule has 25 heavy (non-hydrogen) atoms. The predicted octanol–water partition coefficient (Wildman–Crippen LogP) is 2.14. The van der Waals surface area contributed by atoms with Crippen molar-refractivity contribution >= 4 is 23.2 Å². The molecule has 0 unspecified atom stereocenters. The Bertz CT molecular complexity index is 802. The highest BCUT2D eigenvalue weighted by Crippen LogP contribution is 2.27. The maximum atomic E-state index is 12.3. The summed E-state index contributed by atoms with van der Waals surface area (Å²) in [6.45, 7) is 0. The fourth-order valence-corrected chi connectivity index (χ4v) is 2.16. The molecule has 2 aromatic carbocycles. The minimum absolute atomic E-state index is 0.0834. The zero-order valence-corrected chi connectivity index (χ0v) is 13.7. The van der Waals surface area contributed by atoms with E-state index in [0.717, 1.165) is 11.6 Å². The quantitative estimate of drug-likeness (QED) is 0.617. The minimum Gasteiger partial charge on any atom is -0.490 e. The molecule has 0 spiro atoms. The molecule has 0 aliphatic carbocycles. The number of hydrogen-bond acceptors (Lipinski definition) is 5. The van der Waals surface area contributed by atoms with E-state index in [2.05, 4.69) is 10.6 Å². The van der Waals surface area contributed by atoms with Crippen molar-refractivity contribution in [2.75, 3.05) is 19.5 Å². The van der Waals surface area contributed by atoms with E-state index in [4.69, 9.17) is 4.74 Å². The summed E-state index contributed by atoms with van der Waals surface area (Å²) in [6, 6.07) is 10.7. The second-order valence-electron chi connectivity index (χ2n) is 5.14. The first-order valence-corrected chi connectivity index (χ1v) is 7.38. The molecule has 0 bridgehead atoms. The fraction of sp³-hybridized carbons (Fsp3) is 0.176. The van der Waals surface area contributed by atoms with Crippen molar-refractivity contribution in [3.8, 4) is 5.75 Å². The summed E-state index contributed by atoms with van der Waals surface area (Å²) in [5.41, 5.74) is 1.18. The van der Waals surface area contributed by atoms with E-state index >= 15 is 0 Å². The summed E-state index contributed by atoms with van der Waals surface area (Å²) in [5.74, 6) is -0.507. The summed E-state index contributed by atoms with van der Waals surface area (Å²) in [4.78, 5) is 34.0. The molecule has 8 heteroatoms. The molecule has 130 valence electrons. The van der Waals surface area contributed by atoms with E-state index in [-0.39, 0.29) is 29.3 Å². The highest BCUT2D eigenvalue weighted by molar-refractivity contribution is 6.04. The third-order valence-corrected chi connectivity index (χ3v) is 3.49. The SMILES string of the molecule is CNC(=O)Cc1ccc(NC(=O)c2ccc(OC)c([N+](=O)[O-])c2)cc1. The first kappa shape index (κ1) is 17.9. The molecule has 0 radical (unpaired) electrons. The van der Waals surface area contributed by atoms with Gasteiger partial charge in [-0.1, -0.05) is 12.1 Å². The van der Waals surface area contributed by atoms with Crippen molar-refractivity contribution in [3.63, 3.8) is 0 Å². The average Bonchev–Trinajstić information content (AvgIpc) is 2.62. The first-order chi connectivity index (χ1) is 11.9. The van der Waals surface area contributed by atoms with E-state index < -0.39 is 10.8 Å². The predicted molar refractivity (Wildman–Crippen MR) is 91.8 cm³/mol. The molecule has 0 fully saturated rings. The Morgan fingerprint density at radius 3 is 2.40 bits per heavy atom. The number of amides is 2. The largest absolute Gasteiger partial charge is 0.490 e. The zero-order chi connectivity index (χ0) is 18.4. The van der Waals surface area contributed by atoms with Crippen LogP contribution in [-0.2, 0) is 11.2 Å². The highest BCUT2D eigenvalue weighted by Gasteiger charge is 2.18. The Labute approximate surface area is 144 Å². The van der Waals surface area contributed by atoms with E-state index in [1.54, 1.807) is 31.3 Å². The molecule has 2 amide bonds. The van der Waals surface area contributed by atoms with Crippen LogP contribution in [0, 0.1) is 10.1 Å². The number of nitrogens with one attached hydrogen (secondary N) is 2. The molecular weight excluding hydrogens is 326 g/mol. The van der Waals surface area contributed by atoms with Gasteiger partial charge in [-0.05, 0) is 29.8 Å². The van der Waals surface area contributed by atoms with Gasteiger partial charge in [0.2, 0.25) is 5.91 Å². The van der Waals surface area contributed by atoms with E-state index in [1.165, 1.54) is 19.2 Å². The molecule has 0 saturated heterocycles. The summed E-state index contributed by atoms with van der Waals surface area (Å²) in [5, 5.41) is 16.2. The topological polar surface area (TPSA) is 111 Å². The van der Waals surface area contributed by atoms with Gasteiger partial charge in [-0.15, -0.1) is 0 Å². The van der Waals surface area contributed by atoms with Crippen LogP contribution in [0.2, 0.25) is 0 Å². The van der Waals surface area contributed by atoms with Gasteiger partial charge in [0.1, 0.15) is 0 Å². The number of methoxy groups -OCH3 is 1. The van der Waals surface area contributed by atoms with E-state index in [1.807, 2.05) is 0 Å². The van der Waals surface area contributed by atoms with Crippen LogP contribution in [0.25, 0.3) is 0 Å². The molecule has 0 aliphatic rings. The van der Waals surface area contributed by atoms with Crippen LogP contribution in [0.1, 0.15) is 15.9 Å². The lowest BCUT2D eigenvalue weighted by Gasteiger charge is -2.08. The van der Waals surface area contributed by atoms with E-state index in [9.17, 15) is 19.7 Å². The smallest absolute Gasteiger partial charge is 0.311 e. The number of anilines is 1. The molecule has 2 aromatic rings. The lowest BCUT2D eigenvalue weighted by atomic mass is 10.1. The van der Waals surface area contributed by atoms with Crippen LogP contribution in [0.4, 0.5) is 11.4 Å². The maximum absolute atomic E-state index is 12.3. The lowest BCUT2D eigenvalue weighted by molar-refractivity contribution is -0.385. The molecule has 2 rings (SSSR count). The lowest BCUT2D eigenvalue weighted by Crippen LogP contribution is -2.19. The van der Waals surface area contributed by atoms with Crippen molar-refractivity contribution in [3.05, 3.63) is 63.7 Å². The van der Waals surface area contributed by atoms with Crippen LogP contribution < -0.4 is 15.4 Å².